The van der Waals surface area contributed by atoms with Gasteiger partial charge < -0.3 is 19.2 Å². The molecule has 1 N–H and O–H groups in total. The van der Waals surface area contributed by atoms with E-state index in [9.17, 15) is 19.5 Å². The van der Waals surface area contributed by atoms with Gasteiger partial charge in [-0.1, -0.05) is 71.7 Å². The number of nitrogens with zero attached hydrogens (tertiary/aromatic N) is 1. The van der Waals surface area contributed by atoms with Gasteiger partial charge in [0.2, 0.25) is 0 Å². The summed E-state index contributed by atoms with van der Waals surface area (Å²) in [4.78, 5) is 39.9. The number of carbonyl (C=O) groups is 3. The Morgan fingerprint density at radius 3 is 2.33 bits per heavy atom. The van der Waals surface area contributed by atoms with Crippen LogP contribution in [0.5, 0.6) is 0 Å². The quantitative estimate of drug-likeness (QED) is 0.213. The first-order valence-electron chi connectivity index (χ1n) is 12.2. The number of aliphatic carboxylic acids is 1. The van der Waals surface area contributed by atoms with Crippen molar-refractivity contribution < 1.29 is 28.6 Å². The highest BCUT2D eigenvalue weighted by Gasteiger charge is 2.32. The molecule has 0 saturated carbocycles. The number of carbonyl (C=O) groups excluding carboxylic acids is 2. The lowest BCUT2D eigenvalue weighted by Gasteiger charge is -2.29. The van der Waals surface area contributed by atoms with E-state index >= 15 is 0 Å². The van der Waals surface area contributed by atoms with Gasteiger partial charge in [0.1, 0.15) is 17.6 Å². The van der Waals surface area contributed by atoms with Crippen LogP contribution in [0.3, 0.4) is 0 Å². The molecule has 1 aromatic heterocycles. The maximum Gasteiger partial charge on any atom is 0.338 e. The van der Waals surface area contributed by atoms with Crippen molar-refractivity contribution in [3.63, 3.8) is 0 Å². The SMILES string of the molecule is CCOC(=O)c1ccccc1-c1ccc(CN(C(=O)c2ccc(Cl)cc2Cl)C(Cc2ccccc2)C(=O)O)o1. The van der Waals surface area contributed by atoms with Gasteiger partial charge >= 0.3 is 11.9 Å². The van der Waals surface area contributed by atoms with Crippen LogP contribution in [0.1, 0.15) is 39.0 Å². The molecule has 1 amide bonds. The minimum absolute atomic E-state index is 0.0619. The van der Waals surface area contributed by atoms with Gasteiger partial charge in [-0.2, -0.15) is 0 Å². The Balaban J connectivity index is 1.71. The molecule has 7 nitrogen and oxygen atoms in total. The van der Waals surface area contributed by atoms with Crippen LogP contribution >= 0.6 is 23.2 Å². The van der Waals surface area contributed by atoms with Crippen LogP contribution < -0.4 is 0 Å². The van der Waals surface area contributed by atoms with Gasteiger partial charge in [0.05, 0.1) is 29.3 Å². The highest BCUT2D eigenvalue weighted by atomic mass is 35.5. The van der Waals surface area contributed by atoms with Crippen LogP contribution in [0.4, 0.5) is 0 Å². The van der Waals surface area contributed by atoms with Gasteiger partial charge in [-0.05, 0) is 48.9 Å². The van der Waals surface area contributed by atoms with E-state index in [1.807, 2.05) is 6.07 Å². The molecule has 1 heterocycles. The molecular formula is C30H25Cl2NO6. The molecule has 0 aliphatic heterocycles. The van der Waals surface area contributed by atoms with Gasteiger partial charge in [0.25, 0.3) is 5.91 Å². The first-order valence-corrected chi connectivity index (χ1v) is 12.9. The van der Waals surface area contributed by atoms with E-state index < -0.39 is 23.9 Å². The standard InChI is InChI=1S/C30H25Cl2NO6/c1-2-38-30(37)23-11-7-6-10-22(23)27-15-13-21(39-27)18-33(28(34)24-14-12-20(31)17-25(24)32)26(29(35)36)16-19-8-4-3-5-9-19/h3-15,17,26H,2,16,18H2,1H3,(H,35,36). The Labute approximate surface area is 235 Å². The van der Waals surface area contributed by atoms with Crippen molar-refractivity contribution in [3.05, 3.63) is 117 Å². The molecule has 1 atom stereocenters. The Morgan fingerprint density at radius 1 is 0.923 bits per heavy atom. The summed E-state index contributed by atoms with van der Waals surface area (Å²) in [5.74, 6) is -1.57. The van der Waals surface area contributed by atoms with Crippen LogP contribution in [0.2, 0.25) is 10.0 Å². The van der Waals surface area contributed by atoms with Crippen molar-refractivity contribution in [3.8, 4) is 11.3 Å². The maximum absolute atomic E-state index is 13.7. The number of esters is 1. The molecule has 0 aliphatic rings. The van der Waals surface area contributed by atoms with Gasteiger partial charge in [-0.15, -0.1) is 0 Å². The summed E-state index contributed by atoms with van der Waals surface area (Å²) in [7, 11) is 0. The molecule has 39 heavy (non-hydrogen) atoms. The van der Waals surface area contributed by atoms with Crippen LogP contribution in [-0.2, 0) is 22.5 Å². The van der Waals surface area contributed by atoms with Crippen molar-refractivity contribution in [2.75, 3.05) is 6.61 Å². The first-order chi connectivity index (χ1) is 18.8. The topological polar surface area (TPSA) is 97.0 Å². The summed E-state index contributed by atoms with van der Waals surface area (Å²) in [6, 6.07) is 22.3. The number of amides is 1. The van der Waals surface area contributed by atoms with E-state index in [0.717, 1.165) is 5.56 Å². The molecule has 0 aliphatic carbocycles. The second-order valence-electron chi connectivity index (χ2n) is 8.63. The number of hydrogen-bond acceptors (Lipinski definition) is 5. The maximum atomic E-state index is 13.7. The number of hydrogen-bond donors (Lipinski definition) is 1. The lowest BCUT2D eigenvalue weighted by molar-refractivity contribution is -0.142. The van der Waals surface area contributed by atoms with E-state index in [-0.39, 0.29) is 30.2 Å². The highest BCUT2D eigenvalue weighted by molar-refractivity contribution is 6.36. The average Bonchev–Trinajstić information content (AvgIpc) is 3.39. The number of benzene rings is 3. The minimum atomic E-state index is -1.23. The highest BCUT2D eigenvalue weighted by Crippen LogP contribution is 2.29. The molecule has 0 saturated heterocycles. The number of halogens is 2. The van der Waals surface area contributed by atoms with Crippen molar-refractivity contribution in [1.82, 2.24) is 4.90 Å². The zero-order valence-corrected chi connectivity index (χ0v) is 22.5. The molecule has 0 bridgehead atoms. The zero-order valence-electron chi connectivity index (χ0n) is 21.0. The minimum Gasteiger partial charge on any atom is -0.480 e. The average molecular weight is 566 g/mol. The van der Waals surface area contributed by atoms with Crippen molar-refractivity contribution in [2.24, 2.45) is 0 Å². The summed E-state index contributed by atoms with van der Waals surface area (Å²) in [5, 5.41) is 10.6. The number of furan rings is 1. The summed E-state index contributed by atoms with van der Waals surface area (Å²) < 4.78 is 11.2. The first kappa shape index (κ1) is 28.0. The molecule has 9 heteroatoms. The summed E-state index contributed by atoms with van der Waals surface area (Å²) >= 11 is 12.3. The summed E-state index contributed by atoms with van der Waals surface area (Å²) in [6.45, 7) is 1.78. The lowest BCUT2D eigenvalue weighted by atomic mass is 10.0. The second kappa shape index (κ2) is 12.7. The third kappa shape index (κ3) is 6.69. The Kier molecular flexibility index (Phi) is 9.07. The van der Waals surface area contributed by atoms with Gasteiger partial charge in [0, 0.05) is 17.0 Å². The summed E-state index contributed by atoms with van der Waals surface area (Å²) in [5.41, 5.74) is 1.70. The second-order valence-corrected chi connectivity index (χ2v) is 9.48. The van der Waals surface area contributed by atoms with Crippen molar-refractivity contribution >= 4 is 41.0 Å². The van der Waals surface area contributed by atoms with Crippen LogP contribution in [0.25, 0.3) is 11.3 Å². The molecule has 0 fully saturated rings. The van der Waals surface area contributed by atoms with E-state index in [0.29, 0.717) is 27.7 Å². The third-order valence-electron chi connectivity index (χ3n) is 6.03. The van der Waals surface area contributed by atoms with Gasteiger partial charge in [-0.3, -0.25) is 4.79 Å². The number of rotatable bonds is 10. The molecule has 0 radical (unpaired) electrons. The van der Waals surface area contributed by atoms with E-state index in [1.54, 1.807) is 67.6 Å². The van der Waals surface area contributed by atoms with Gasteiger partial charge in [0.15, 0.2) is 0 Å². The Hall–Kier alpha value is -4.07. The molecule has 4 aromatic rings. The zero-order chi connectivity index (χ0) is 27.9. The van der Waals surface area contributed by atoms with E-state index in [1.165, 1.54) is 23.1 Å². The largest absolute Gasteiger partial charge is 0.480 e. The smallest absolute Gasteiger partial charge is 0.338 e. The fourth-order valence-electron chi connectivity index (χ4n) is 4.17. The predicted octanol–water partition coefficient (Wildman–Crippen LogP) is 6.77. The monoisotopic (exact) mass is 565 g/mol. The molecule has 0 spiro atoms. The van der Waals surface area contributed by atoms with Crippen molar-refractivity contribution in [2.45, 2.75) is 25.9 Å². The fourth-order valence-corrected chi connectivity index (χ4v) is 4.66. The Bertz CT molecular complexity index is 1480. The molecule has 4 rings (SSSR count). The molecule has 1 unspecified atom stereocenters. The molecule has 3 aromatic carbocycles. The lowest BCUT2D eigenvalue weighted by Crippen LogP contribution is -2.46. The van der Waals surface area contributed by atoms with E-state index in [2.05, 4.69) is 0 Å². The van der Waals surface area contributed by atoms with Gasteiger partial charge in [-0.25, -0.2) is 9.59 Å². The van der Waals surface area contributed by atoms with Crippen LogP contribution in [-0.4, -0.2) is 40.5 Å². The van der Waals surface area contributed by atoms with Crippen LogP contribution in [0.15, 0.2) is 89.3 Å². The van der Waals surface area contributed by atoms with Crippen LogP contribution in [0, 0.1) is 0 Å². The predicted molar refractivity (Wildman–Crippen MR) is 148 cm³/mol. The number of ether oxygens (including phenoxy) is 1. The molecular weight excluding hydrogens is 541 g/mol. The Morgan fingerprint density at radius 2 is 1.64 bits per heavy atom. The normalized spacial score (nSPS) is 11.6. The molecule has 200 valence electrons. The number of carboxylic acid groups (broad SMARTS) is 1. The summed E-state index contributed by atoms with van der Waals surface area (Å²) in [6.07, 6.45) is 0.0619. The fraction of sp³-hybridized carbons (Fsp3) is 0.167. The number of carboxylic acids is 1. The van der Waals surface area contributed by atoms with Crippen molar-refractivity contribution in [1.29, 1.82) is 0 Å². The van der Waals surface area contributed by atoms with E-state index in [4.69, 9.17) is 32.4 Å². The third-order valence-corrected chi connectivity index (χ3v) is 6.58.